The van der Waals surface area contributed by atoms with Crippen molar-refractivity contribution in [2.45, 2.75) is 13.0 Å². The highest BCUT2D eigenvalue weighted by atomic mass is 35.5. The van der Waals surface area contributed by atoms with Crippen molar-refractivity contribution >= 4 is 34.2 Å². The van der Waals surface area contributed by atoms with Gasteiger partial charge in [0.15, 0.2) is 0 Å². The van der Waals surface area contributed by atoms with Crippen LogP contribution in [0.5, 0.6) is 0 Å². The van der Waals surface area contributed by atoms with Gasteiger partial charge in [-0.2, -0.15) is 0 Å². The molecule has 1 aromatic heterocycles. The quantitative estimate of drug-likeness (QED) is 0.648. The van der Waals surface area contributed by atoms with Gasteiger partial charge in [0.1, 0.15) is 5.82 Å². The Morgan fingerprint density at radius 2 is 1.80 bits per heavy atom. The third kappa shape index (κ3) is 2.54. The molecule has 1 heterocycles. The van der Waals surface area contributed by atoms with Gasteiger partial charge in [0.2, 0.25) is 0 Å². The molecule has 4 heteroatoms. The van der Waals surface area contributed by atoms with Crippen LogP contribution in [0.1, 0.15) is 11.4 Å². The van der Waals surface area contributed by atoms with Gasteiger partial charge in [-0.25, -0.2) is 4.98 Å². The molecule has 2 aromatic carbocycles. The lowest BCUT2D eigenvalue weighted by molar-refractivity contribution is 0.755. The average molecular weight is 305 g/mol. The van der Waals surface area contributed by atoms with Crippen LogP contribution in [0, 0.1) is 0 Å². The molecule has 2 nitrogen and oxygen atoms in total. The lowest BCUT2D eigenvalue weighted by Crippen LogP contribution is -2.06. The smallest absolute Gasteiger partial charge is 0.111 e. The Balaban J connectivity index is 2.13. The van der Waals surface area contributed by atoms with Crippen LogP contribution in [0.2, 0.25) is 5.02 Å². The summed E-state index contributed by atoms with van der Waals surface area (Å²) in [6.07, 6.45) is 0.736. The Morgan fingerprint density at radius 1 is 1.00 bits per heavy atom. The van der Waals surface area contributed by atoms with Gasteiger partial charge >= 0.3 is 0 Å². The molecule has 0 aliphatic heterocycles. The molecule has 3 rings (SSSR count). The van der Waals surface area contributed by atoms with Crippen LogP contribution in [0.3, 0.4) is 0 Å². The third-order valence-corrected chi connectivity index (χ3v) is 3.79. The molecule has 0 aliphatic rings. The first kappa shape index (κ1) is 13.5. The summed E-state index contributed by atoms with van der Waals surface area (Å²) in [5, 5.41) is 0.728. The molecule has 0 spiro atoms. The zero-order valence-corrected chi connectivity index (χ0v) is 12.4. The van der Waals surface area contributed by atoms with Crippen molar-refractivity contribution in [3.8, 4) is 0 Å². The number of aryl methyl sites for hydroxylation is 1. The van der Waals surface area contributed by atoms with Crippen LogP contribution in [0.25, 0.3) is 11.0 Å². The maximum atomic E-state index is 6.35. The Bertz CT molecular complexity index is 720. The van der Waals surface area contributed by atoms with Crippen molar-refractivity contribution in [2.75, 3.05) is 5.88 Å². The van der Waals surface area contributed by atoms with Crippen molar-refractivity contribution in [3.63, 3.8) is 0 Å². The van der Waals surface area contributed by atoms with Crippen molar-refractivity contribution in [1.82, 2.24) is 9.55 Å². The first-order valence-corrected chi connectivity index (χ1v) is 7.44. The van der Waals surface area contributed by atoms with E-state index in [4.69, 9.17) is 23.2 Å². The highest BCUT2D eigenvalue weighted by Gasteiger charge is 2.13. The fourth-order valence-corrected chi connectivity index (χ4v) is 2.84. The Morgan fingerprint density at radius 3 is 2.55 bits per heavy atom. The molecule has 0 N–H and O–H groups in total. The first-order chi connectivity index (χ1) is 9.79. The summed E-state index contributed by atoms with van der Waals surface area (Å²) in [5.41, 5.74) is 3.13. The Hall–Kier alpha value is -1.51. The van der Waals surface area contributed by atoms with E-state index in [2.05, 4.69) is 21.7 Å². The molecule has 0 fully saturated rings. The van der Waals surface area contributed by atoms with E-state index < -0.39 is 0 Å². The summed E-state index contributed by atoms with van der Waals surface area (Å²) in [6.45, 7) is 0.757. The summed E-state index contributed by atoms with van der Waals surface area (Å²) >= 11 is 12.2. The number of aromatic nitrogens is 2. The van der Waals surface area contributed by atoms with Crippen LogP contribution in [-0.2, 0) is 13.0 Å². The maximum absolute atomic E-state index is 6.35. The second kappa shape index (κ2) is 5.86. The standard InChI is InChI=1S/C16H14Cl2N2/c17-10-9-15-19-14-8-4-7-13(18)16(14)20(15)11-12-5-2-1-3-6-12/h1-8H,9-11H2. The first-order valence-electron chi connectivity index (χ1n) is 6.53. The van der Waals surface area contributed by atoms with Crippen LogP contribution in [0.4, 0.5) is 0 Å². The fraction of sp³-hybridized carbons (Fsp3) is 0.188. The number of para-hydroxylation sites is 1. The number of fused-ring (bicyclic) bond motifs is 1. The van der Waals surface area contributed by atoms with Crippen molar-refractivity contribution in [3.05, 3.63) is 64.9 Å². The molecule has 0 unspecified atom stereocenters. The van der Waals surface area contributed by atoms with Crippen LogP contribution in [0.15, 0.2) is 48.5 Å². The number of nitrogens with zero attached hydrogens (tertiary/aromatic N) is 2. The van der Waals surface area contributed by atoms with E-state index in [1.54, 1.807) is 0 Å². The van der Waals surface area contributed by atoms with E-state index in [-0.39, 0.29) is 0 Å². The molecular formula is C16H14Cl2N2. The van der Waals surface area contributed by atoms with Crippen LogP contribution < -0.4 is 0 Å². The zero-order valence-electron chi connectivity index (χ0n) is 10.9. The number of hydrogen-bond acceptors (Lipinski definition) is 1. The monoisotopic (exact) mass is 304 g/mol. The minimum absolute atomic E-state index is 0.551. The second-order valence-corrected chi connectivity index (χ2v) is 5.43. The third-order valence-electron chi connectivity index (χ3n) is 3.30. The second-order valence-electron chi connectivity index (χ2n) is 4.65. The van der Waals surface area contributed by atoms with E-state index in [0.717, 1.165) is 34.8 Å². The van der Waals surface area contributed by atoms with Crippen molar-refractivity contribution in [1.29, 1.82) is 0 Å². The van der Waals surface area contributed by atoms with Gasteiger partial charge < -0.3 is 4.57 Å². The highest BCUT2D eigenvalue weighted by molar-refractivity contribution is 6.35. The largest absolute Gasteiger partial charge is 0.322 e. The number of imidazole rings is 1. The summed E-state index contributed by atoms with van der Waals surface area (Å²) in [7, 11) is 0. The molecule has 20 heavy (non-hydrogen) atoms. The van der Waals surface area contributed by atoms with Gasteiger partial charge in [-0.3, -0.25) is 0 Å². The van der Waals surface area contributed by atoms with E-state index in [1.807, 2.05) is 36.4 Å². The van der Waals surface area contributed by atoms with E-state index in [1.165, 1.54) is 5.56 Å². The SMILES string of the molecule is ClCCc1nc2cccc(Cl)c2n1Cc1ccccc1. The van der Waals surface area contributed by atoms with Crippen molar-refractivity contribution < 1.29 is 0 Å². The number of hydrogen-bond donors (Lipinski definition) is 0. The summed E-state index contributed by atoms with van der Waals surface area (Å²) in [6, 6.07) is 16.1. The van der Waals surface area contributed by atoms with Gasteiger partial charge in [0.05, 0.1) is 16.1 Å². The average Bonchev–Trinajstić information content (AvgIpc) is 2.80. The molecule has 0 bridgehead atoms. The van der Waals surface area contributed by atoms with E-state index in [0.29, 0.717) is 5.88 Å². The molecule has 0 saturated heterocycles. The molecule has 0 radical (unpaired) electrons. The lowest BCUT2D eigenvalue weighted by atomic mass is 10.2. The predicted octanol–water partition coefficient (Wildman–Crippen LogP) is 4.52. The molecule has 0 atom stereocenters. The molecule has 102 valence electrons. The van der Waals surface area contributed by atoms with Gasteiger partial charge in [0.25, 0.3) is 0 Å². The summed E-state index contributed by atoms with van der Waals surface area (Å²) < 4.78 is 2.16. The summed E-state index contributed by atoms with van der Waals surface area (Å²) in [4.78, 5) is 4.65. The van der Waals surface area contributed by atoms with Gasteiger partial charge in [-0.15, -0.1) is 11.6 Å². The number of halogens is 2. The molecule has 3 aromatic rings. The molecule has 0 aliphatic carbocycles. The lowest BCUT2D eigenvalue weighted by Gasteiger charge is -2.09. The maximum Gasteiger partial charge on any atom is 0.111 e. The fourth-order valence-electron chi connectivity index (χ4n) is 2.40. The van der Waals surface area contributed by atoms with Crippen LogP contribution >= 0.6 is 23.2 Å². The Labute approximate surface area is 128 Å². The molecule has 0 amide bonds. The highest BCUT2D eigenvalue weighted by Crippen LogP contribution is 2.26. The van der Waals surface area contributed by atoms with Crippen LogP contribution in [-0.4, -0.2) is 15.4 Å². The minimum Gasteiger partial charge on any atom is -0.322 e. The van der Waals surface area contributed by atoms with Gasteiger partial charge in [-0.05, 0) is 17.7 Å². The summed E-state index contributed by atoms with van der Waals surface area (Å²) in [5.74, 6) is 1.53. The van der Waals surface area contributed by atoms with E-state index >= 15 is 0 Å². The van der Waals surface area contributed by atoms with Gasteiger partial charge in [0, 0.05) is 18.8 Å². The molecule has 0 saturated carbocycles. The topological polar surface area (TPSA) is 17.8 Å². The number of rotatable bonds is 4. The predicted molar refractivity (Wildman–Crippen MR) is 84.7 cm³/mol. The number of alkyl halides is 1. The van der Waals surface area contributed by atoms with E-state index in [9.17, 15) is 0 Å². The number of benzene rings is 2. The minimum atomic E-state index is 0.551. The molecular weight excluding hydrogens is 291 g/mol. The van der Waals surface area contributed by atoms with Gasteiger partial charge in [-0.1, -0.05) is 48.0 Å². The zero-order chi connectivity index (χ0) is 13.9. The Kier molecular flexibility index (Phi) is 3.95. The van der Waals surface area contributed by atoms with Crippen molar-refractivity contribution in [2.24, 2.45) is 0 Å². The normalized spacial score (nSPS) is 11.1.